The molecule has 0 aromatic heterocycles. The molecule has 0 atom stereocenters. The minimum Gasteiger partial charge on any atom is -0.493 e. The van der Waals surface area contributed by atoms with Crippen LogP contribution in [0.3, 0.4) is 0 Å². The Labute approximate surface area is 133 Å². The zero-order valence-corrected chi connectivity index (χ0v) is 14.1. The summed E-state index contributed by atoms with van der Waals surface area (Å²) in [5, 5.41) is 0. The number of hydrogen-bond acceptors (Lipinski definition) is 3. The Morgan fingerprint density at radius 1 is 0.952 bits per heavy atom. The van der Waals surface area contributed by atoms with Gasteiger partial charge in [-0.15, -0.1) is 0 Å². The molecular formula is C17H17BrO3. The molecule has 0 fully saturated rings. The normalized spacial score (nSPS) is 10.3. The lowest BCUT2D eigenvalue weighted by molar-refractivity contribution is 0.103. The number of carbonyl (C=O) groups excluding carboxylic acids is 1. The second kappa shape index (κ2) is 6.31. The molecule has 0 aliphatic heterocycles. The highest BCUT2D eigenvalue weighted by Crippen LogP contribution is 2.32. The van der Waals surface area contributed by atoms with Crippen molar-refractivity contribution in [3.05, 3.63) is 57.1 Å². The third kappa shape index (κ3) is 2.95. The van der Waals surface area contributed by atoms with Crippen LogP contribution in [0.5, 0.6) is 11.5 Å². The summed E-state index contributed by atoms with van der Waals surface area (Å²) in [5.74, 6) is 1.13. The monoisotopic (exact) mass is 348 g/mol. The Morgan fingerprint density at radius 2 is 1.57 bits per heavy atom. The number of halogens is 1. The van der Waals surface area contributed by atoms with E-state index in [1.807, 2.05) is 38.1 Å². The Balaban J connectivity index is 2.56. The molecule has 0 aliphatic carbocycles. The van der Waals surface area contributed by atoms with E-state index in [0.717, 1.165) is 15.6 Å². The number of ketones is 1. The first-order valence-electron chi connectivity index (χ1n) is 6.52. The Morgan fingerprint density at radius 3 is 2.19 bits per heavy atom. The molecule has 0 spiro atoms. The Kier molecular flexibility index (Phi) is 4.68. The zero-order chi connectivity index (χ0) is 15.6. The summed E-state index contributed by atoms with van der Waals surface area (Å²) in [6.07, 6.45) is 0. The van der Waals surface area contributed by atoms with Crippen molar-refractivity contribution in [2.75, 3.05) is 14.2 Å². The fourth-order valence-electron chi connectivity index (χ4n) is 2.19. The van der Waals surface area contributed by atoms with Gasteiger partial charge in [0.1, 0.15) is 0 Å². The first-order valence-corrected chi connectivity index (χ1v) is 7.31. The average Bonchev–Trinajstić information content (AvgIpc) is 2.49. The van der Waals surface area contributed by atoms with Gasteiger partial charge in [-0.05, 0) is 59.1 Å². The van der Waals surface area contributed by atoms with Crippen molar-refractivity contribution in [1.29, 1.82) is 0 Å². The molecule has 0 radical (unpaired) electrons. The molecule has 0 heterocycles. The summed E-state index contributed by atoms with van der Waals surface area (Å²) < 4.78 is 11.4. The van der Waals surface area contributed by atoms with Crippen molar-refractivity contribution in [3.8, 4) is 11.5 Å². The minimum absolute atomic E-state index is 0.0379. The fourth-order valence-corrected chi connectivity index (χ4v) is 2.64. The van der Waals surface area contributed by atoms with E-state index in [0.29, 0.717) is 22.6 Å². The number of rotatable bonds is 4. The van der Waals surface area contributed by atoms with Gasteiger partial charge >= 0.3 is 0 Å². The average molecular weight is 349 g/mol. The smallest absolute Gasteiger partial charge is 0.194 e. The van der Waals surface area contributed by atoms with Gasteiger partial charge < -0.3 is 9.47 Å². The van der Waals surface area contributed by atoms with Crippen molar-refractivity contribution in [2.24, 2.45) is 0 Å². The van der Waals surface area contributed by atoms with Gasteiger partial charge in [0, 0.05) is 15.6 Å². The second-order valence-corrected chi connectivity index (χ2v) is 5.58. The fraction of sp³-hybridized carbons (Fsp3) is 0.235. The van der Waals surface area contributed by atoms with Crippen molar-refractivity contribution in [2.45, 2.75) is 13.8 Å². The minimum atomic E-state index is -0.0379. The quantitative estimate of drug-likeness (QED) is 0.772. The van der Waals surface area contributed by atoms with Crippen molar-refractivity contribution in [1.82, 2.24) is 0 Å². The molecule has 0 amide bonds. The van der Waals surface area contributed by atoms with Crippen LogP contribution in [0.4, 0.5) is 0 Å². The van der Waals surface area contributed by atoms with Gasteiger partial charge in [0.2, 0.25) is 0 Å². The number of carbonyl (C=O) groups is 1. The summed E-state index contributed by atoms with van der Waals surface area (Å²) in [4.78, 5) is 12.8. The molecule has 2 aromatic carbocycles. The molecule has 0 N–H and O–H groups in total. The molecule has 3 nitrogen and oxygen atoms in total. The predicted octanol–water partition coefficient (Wildman–Crippen LogP) is 4.31. The van der Waals surface area contributed by atoms with E-state index in [1.54, 1.807) is 20.3 Å². The standard InChI is InChI=1S/C17H17BrO3/c1-10-6-5-7-12(16(10)18)17(19)13-9-15(21-4)14(20-3)8-11(13)2/h5-9H,1-4H3. The van der Waals surface area contributed by atoms with Gasteiger partial charge in [0.05, 0.1) is 14.2 Å². The van der Waals surface area contributed by atoms with Crippen LogP contribution >= 0.6 is 15.9 Å². The SMILES string of the molecule is COc1cc(C)c(C(=O)c2cccc(C)c2Br)cc1OC. The first kappa shape index (κ1) is 15.6. The number of methoxy groups -OCH3 is 2. The molecular weight excluding hydrogens is 332 g/mol. The Hall–Kier alpha value is -1.81. The van der Waals surface area contributed by atoms with Gasteiger partial charge in [0.25, 0.3) is 0 Å². The van der Waals surface area contributed by atoms with Gasteiger partial charge in [0.15, 0.2) is 17.3 Å². The highest BCUT2D eigenvalue weighted by Gasteiger charge is 2.18. The van der Waals surface area contributed by atoms with Crippen LogP contribution in [0.15, 0.2) is 34.8 Å². The van der Waals surface area contributed by atoms with Crippen molar-refractivity contribution >= 4 is 21.7 Å². The molecule has 0 saturated heterocycles. The largest absolute Gasteiger partial charge is 0.493 e. The zero-order valence-electron chi connectivity index (χ0n) is 12.5. The molecule has 0 aliphatic rings. The van der Waals surface area contributed by atoms with E-state index >= 15 is 0 Å². The third-order valence-electron chi connectivity index (χ3n) is 3.41. The summed E-state index contributed by atoms with van der Waals surface area (Å²) in [6, 6.07) is 9.20. The molecule has 2 rings (SSSR count). The van der Waals surface area contributed by atoms with Crippen molar-refractivity contribution in [3.63, 3.8) is 0 Å². The van der Waals surface area contributed by atoms with E-state index < -0.39 is 0 Å². The van der Waals surface area contributed by atoms with Crippen LogP contribution in [-0.2, 0) is 0 Å². The maximum atomic E-state index is 12.8. The highest BCUT2D eigenvalue weighted by molar-refractivity contribution is 9.10. The van der Waals surface area contributed by atoms with E-state index in [2.05, 4.69) is 15.9 Å². The van der Waals surface area contributed by atoms with Crippen LogP contribution in [0, 0.1) is 13.8 Å². The topological polar surface area (TPSA) is 35.5 Å². The molecule has 4 heteroatoms. The molecule has 0 saturated carbocycles. The molecule has 0 unspecified atom stereocenters. The van der Waals surface area contributed by atoms with Gasteiger partial charge in [-0.25, -0.2) is 0 Å². The number of aryl methyl sites for hydroxylation is 2. The molecule has 2 aromatic rings. The lowest BCUT2D eigenvalue weighted by atomic mass is 9.97. The summed E-state index contributed by atoms with van der Waals surface area (Å²) in [7, 11) is 3.14. The predicted molar refractivity (Wildman–Crippen MR) is 86.6 cm³/mol. The van der Waals surface area contributed by atoms with E-state index in [4.69, 9.17) is 9.47 Å². The van der Waals surface area contributed by atoms with Gasteiger partial charge in [-0.3, -0.25) is 4.79 Å². The van der Waals surface area contributed by atoms with Crippen LogP contribution in [0.1, 0.15) is 27.0 Å². The van der Waals surface area contributed by atoms with Crippen LogP contribution in [0.25, 0.3) is 0 Å². The van der Waals surface area contributed by atoms with E-state index in [9.17, 15) is 4.79 Å². The maximum absolute atomic E-state index is 12.8. The molecule has 110 valence electrons. The third-order valence-corrected chi connectivity index (χ3v) is 4.46. The van der Waals surface area contributed by atoms with Crippen LogP contribution in [0.2, 0.25) is 0 Å². The summed E-state index contributed by atoms with van der Waals surface area (Å²) in [5.41, 5.74) is 3.13. The lowest BCUT2D eigenvalue weighted by Gasteiger charge is -2.13. The van der Waals surface area contributed by atoms with Crippen LogP contribution < -0.4 is 9.47 Å². The van der Waals surface area contributed by atoms with Crippen molar-refractivity contribution < 1.29 is 14.3 Å². The van der Waals surface area contributed by atoms with E-state index in [1.165, 1.54) is 0 Å². The number of hydrogen-bond donors (Lipinski definition) is 0. The maximum Gasteiger partial charge on any atom is 0.194 e. The van der Waals surface area contributed by atoms with Gasteiger partial charge in [-0.1, -0.05) is 12.1 Å². The van der Waals surface area contributed by atoms with E-state index in [-0.39, 0.29) is 5.78 Å². The Bertz CT molecular complexity index is 693. The lowest BCUT2D eigenvalue weighted by Crippen LogP contribution is -2.06. The summed E-state index contributed by atoms with van der Waals surface area (Å²) in [6.45, 7) is 3.85. The highest BCUT2D eigenvalue weighted by atomic mass is 79.9. The number of ether oxygens (including phenoxy) is 2. The molecule has 0 bridgehead atoms. The van der Waals surface area contributed by atoms with Crippen LogP contribution in [-0.4, -0.2) is 20.0 Å². The number of benzene rings is 2. The first-order chi connectivity index (χ1) is 9.99. The molecule has 21 heavy (non-hydrogen) atoms. The summed E-state index contributed by atoms with van der Waals surface area (Å²) >= 11 is 3.49. The second-order valence-electron chi connectivity index (χ2n) is 4.79. The van der Waals surface area contributed by atoms with Gasteiger partial charge in [-0.2, -0.15) is 0 Å².